The van der Waals surface area contributed by atoms with Crippen LogP contribution in [-0.4, -0.2) is 15.0 Å². The largest absolute Gasteiger partial charge is 0.508 e. The molecule has 0 aliphatic heterocycles. The van der Waals surface area contributed by atoms with Gasteiger partial charge < -0.3 is 5.11 Å². The summed E-state index contributed by atoms with van der Waals surface area (Å²) in [6, 6.07) is 10.4. The van der Waals surface area contributed by atoms with Crippen molar-refractivity contribution in [3.63, 3.8) is 0 Å². The van der Waals surface area contributed by atoms with Crippen molar-refractivity contribution in [2.75, 3.05) is 0 Å². The number of nitrogens with zero attached hydrogens (tertiary/aromatic N) is 2. The van der Waals surface area contributed by atoms with Crippen LogP contribution in [0.1, 0.15) is 11.1 Å². The fourth-order valence-electron chi connectivity index (χ4n) is 1.83. The molecule has 0 aliphatic rings. The molecule has 0 bridgehead atoms. The normalized spacial score (nSPS) is 10.4. The van der Waals surface area contributed by atoms with Gasteiger partial charge in [-0.1, -0.05) is 12.1 Å². The van der Waals surface area contributed by atoms with Gasteiger partial charge in [-0.05, 0) is 23.8 Å². The molecule has 114 valence electrons. The van der Waals surface area contributed by atoms with Crippen LogP contribution in [-0.2, 0) is 11.5 Å². The standard InChI is InChI=1S/C14H12N2O5S/c17-13-5-1-10(2-6-13)8-22-9-11-3-4-12(15(18)19)7-14(11)16(20)21/h1-7,17H,8-9H2. The van der Waals surface area contributed by atoms with Crippen molar-refractivity contribution in [2.45, 2.75) is 11.5 Å². The zero-order valence-corrected chi connectivity index (χ0v) is 12.2. The van der Waals surface area contributed by atoms with E-state index in [1.807, 2.05) is 0 Å². The Labute approximate surface area is 129 Å². The van der Waals surface area contributed by atoms with E-state index >= 15 is 0 Å². The van der Waals surface area contributed by atoms with E-state index in [-0.39, 0.29) is 17.1 Å². The van der Waals surface area contributed by atoms with Crippen LogP contribution < -0.4 is 0 Å². The summed E-state index contributed by atoms with van der Waals surface area (Å²) in [5.41, 5.74) is 0.887. The molecule has 0 saturated carbocycles. The second-order valence-electron chi connectivity index (χ2n) is 4.49. The molecule has 0 radical (unpaired) electrons. The molecule has 22 heavy (non-hydrogen) atoms. The fraction of sp³-hybridized carbons (Fsp3) is 0.143. The molecule has 0 saturated heterocycles. The number of nitro benzene ring substituents is 2. The van der Waals surface area contributed by atoms with Gasteiger partial charge in [0.2, 0.25) is 0 Å². The van der Waals surface area contributed by atoms with Gasteiger partial charge in [0.15, 0.2) is 0 Å². The number of phenols is 1. The average Bonchev–Trinajstić information content (AvgIpc) is 2.49. The van der Waals surface area contributed by atoms with Crippen LogP contribution in [0.15, 0.2) is 42.5 Å². The predicted molar refractivity (Wildman–Crippen MR) is 82.9 cm³/mol. The van der Waals surface area contributed by atoms with E-state index in [1.165, 1.54) is 23.9 Å². The Balaban J connectivity index is 2.07. The van der Waals surface area contributed by atoms with E-state index in [2.05, 4.69) is 0 Å². The molecular formula is C14H12N2O5S. The van der Waals surface area contributed by atoms with Crippen molar-refractivity contribution in [3.8, 4) is 5.75 Å². The van der Waals surface area contributed by atoms with Gasteiger partial charge in [-0.2, -0.15) is 11.8 Å². The van der Waals surface area contributed by atoms with Crippen molar-refractivity contribution >= 4 is 23.1 Å². The zero-order chi connectivity index (χ0) is 16.1. The van der Waals surface area contributed by atoms with Crippen molar-refractivity contribution in [3.05, 3.63) is 73.8 Å². The molecule has 0 aromatic heterocycles. The van der Waals surface area contributed by atoms with Crippen LogP contribution in [0.3, 0.4) is 0 Å². The van der Waals surface area contributed by atoms with Gasteiger partial charge >= 0.3 is 0 Å². The molecule has 0 fully saturated rings. The number of nitro groups is 2. The number of rotatable bonds is 6. The minimum atomic E-state index is -0.652. The number of hydrogen-bond donors (Lipinski definition) is 1. The lowest BCUT2D eigenvalue weighted by Gasteiger charge is -2.04. The topological polar surface area (TPSA) is 107 Å². The van der Waals surface area contributed by atoms with E-state index in [1.54, 1.807) is 24.3 Å². The van der Waals surface area contributed by atoms with E-state index < -0.39 is 9.85 Å². The van der Waals surface area contributed by atoms with Crippen LogP contribution in [0.4, 0.5) is 11.4 Å². The Morgan fingerprint density at radius 3 is 2.23 bits per heavy atom. The summed E-state index contributed by atoms with van der Waals surface area (Å²) < 4.78 is 0. The fourth-order valence-corrected chi connectivity index (χ4v) is 2.82. The van der Waals surface area contributed by atoms with Gasteiger partial charge in [0, 0.05) is 23.1 Å². The predicted octanol–water partition coefficient (Wildman–Crippen LogP) is 3.64. The molecule has 8 heteroatoms. The van der Waals surface area contributed by atoms with E-state index in [9.17, 15) is 25.3 Å². The minimum absolute atomic E-state index is 0.180. The van der Waals surface area contributed by atoms with Crippen LogP contribution >= 0.6 is 11.8 Å². The van der Waals surface area contributed by atoms with Crippen molar-refractivity contribution in [1.82, 2.24) is 0 Å². The van der Waals surface area contributed by atoms with E-state index in [0.717, 1.165) is 11.6 Å². The molecular weight excluding hydrogens is 308 g/mol. The maximum atomic E-state index is 11.0. The highest BCUT2D eigenvalue weighted by atomic mass is 32.2. The van der Waals surface area contributed by atoms with Crippen molar-refractivity contribution in [1.29, 1.82) is 0 Å². The first kappa shape index (κ1) is 15.8. The van der Waals surface area contributed by atoms with Gasteiger partial charge in [-0.25, -0.2) is 0 Å². The smallest absolute Gasteiger partial charge is 0.280 e. The van der Waals surface area contributed by atoms with Crippen molar-refractivity contribution in [2.24, 2.45) is 0 Å². The lowest BCUT2D eigenvalue weighted by atomic mass is 10.2. The lowest BCUT2D eigenvalue weighted by molar-refractivity contribution is -0.394. The lowest BCUT2D eigenvalue weighted by Crippen LogP contribution is -1.97. The molecule has 0 unspecified atom stereocenters. The first-order valence-electron chi connectivity index (χ1n) is 6.24. The monoisotopic (exact) mass is 320 g/mol. The van der Waals surface area contributed by atoms with Crippen LogP contribution in [0.5, 0.6) is 5.75 Å². The Bertz CT molecular complexity index is 703. The number of non-ortho nitro benzene ring substituents is 1. The third-order valence-corrected chi connectivity index (χ3v) is 3.99. The van der Waals surface area contributed by atoms with Gasteiger partial charge in [0.1, 0.15) is 5.75 Å². The third kappa shape index (κ3) is 3.95. The second-order valence-corrected chi connectivity index (χ2v) is 5.47. The quantitative estimate of drug-likeness (QED) is 0.643. The number of thioether (sulfide) groups is 1. The molecule has 7 nitrogen and oxygen atoms in total. The van der Waals surface area contributed by atoms with Gasteiger partial charge in [0.05, 0.1) is 15.9 Å². The summed E-state index contributed by atoms with van der Waals surface area (Å²) in [6.07, 6.45) is 0. The number of phenolic OH excluding ortho intramolecular Hbond substituents is 1. The molecule has 0 aliphatic carbocycles. The number of hydrogen-bond acceptors (Lipinski definition) is 6. The first-order valence-corrected chi connectivity index (χ1v) is 7.40. The maximum Gasteiger partial charge on any atom is 0.280 e. The Morgan fingerprint density at radius 1 is 0.955 bits per heavy atom. The minimum Gasteiger partial charge on any atom is -0.508 e. The summed E-state index contributed by atoms with van der Waals surface area (Å²) >= 11 is 1.46. The molecule has 0 heterocycles. The van der Waals surface area contributed by atoms with E-state index in [0.29, 0.717) is 17.1 Å². The van der Waals surface area contributed by atoms with Crippen molar-refractivity contribution < 1.29 is 15.0 Å². The highest BCUT2D eigenvalue weighted by Crippen LogP contribution is 2.29. The van der Waals surface area contributed by atoms with Crippen LogP contribution in [0, 0.1) is 20.2 Å². The molecule has 2 aromatic carbocycles. The highest BCUT2D eigenvalue weighted by molar-refractivity contribution is 7.97. The molecule has 2 rings (SSSR count). The SMILES string of the molecule is O=[N+]([O-])c1ccc(CSCc2ccc(O)cc2)c([N+](=O)[O-])c1. The first-order chi connectivity index (χ1) is 10.5. The van der Waals surface area contributed by atoms with Gasteiger partial charge in [0.25, 0.3) is 11.4 Å². The summed E-state index contributed by atoms with van der Waals surface area (Å²) in [5, 5.41) is 30.9. The van der Waals surface area contributed by atoms with E-state index in [4.69, 9.17) is 0 Å². The van der Waals surface area contributed by atoms with Crippen LogP contribution in [0.2, 0.25) is 0 Å². The molecule has 2 aromatic rings. The summed E-state index contributed by atoms with van der Waals surface area (Å²) in [7, 11) is 0. The summed E-state index contributed by atoms with van der Waals surface area (Å²) in [4.78, 5) is 20.4. The van der Waals surface area contributed by atoms with Crippen LogP contribution in [0.25, 0.3) is 0 Å². The Morgan fingerprint density at radius 2 is 1.64 bits per heavy atom. The maximum absolute atomic E-state index is 11.0. The summed E-state index contributed by atoms with van der Waals surface area (Å²) in [5.74, 6) is 1.17. The summed E-state index contributed by atoms with van der Waals surface area (Å²) in [6.45, 7) is 0. The molecule has 0 spiro atoms. The third-order valence-electron chi connectivity index (χ3n) is 2.94. The molecule has 0 atom stereocenters. The zero-order valence-electron chi connectivity index (χ0n) is 11.3. The number of aromatic hydroxyl groups is 1. The second kappa shape index (κ2) is 6.90. The van der Waals surface area contributed by atoms with Gasteiger partial charge in [-0.15, -0.1) is 0 Å². The average molecular weight is 320 g/mol. The Hall–Kier alpha value is -2.61. The Kier molecular flexibility index (Phi) is 4.95. The van der Waals surface area contributed by atoms with Gasteiger partial charge in [-0.3, -0.25) is 20.2 Å². The highest BCUT2D eigenvalue weighted by Gasteiger charge is 2.19. The molecule has 0 amide bonds. The number of benzene rings is 2. The molecule has 1 N–H and O–H groups in total.